The van der Waals surface area contributed by atoms with Gasteiger partial charge in [-0.25, -0.2) is 13.5 Å². The maximum Gasteiger partial charge on any atom is 0.347 e. The van der Waals surface area contributed by atoms with Gasteiger partial charge in [0.2, 0.25) is 5.95 Å². The molecule has 88 valence electrons. The van der Waals surface area contributed by atoms with E-state index in [1.165, 1.54) is 24.3 Å². The van der Waals surface area contributed by atoms with Crippen molar-refractivity contribution in [1.82, 2.24) is 15.2 Å². The van der Waals surface area contributed by atoms with Crippen LogP contribution in [-0.2, 0) is 9.84 Å². The average molecular weight is 252 g/mol. The van der Waals surface area contributed by atoms with Crippen LogP contribution in [0, 0.1) is 0 Å². The molecular formula is C9H8N4O3S. The predicted molar refractivity (Wildman–Crippen MR) is 59.0 cm³/mol. The van der Waals surface area contributed by atoms with Crippen molar-refractivity contribution in [3.05, 3.63) is 36.7 Å². The summed E-state index contributed by atoms with van der Waals surface area (Å²) in [5.41, 5.74) is 0. The number of benzene rings is 1. The molecule has 0 aliphatic rings. The zero-order valence-electron chi connectivity index (χ0n) is 8.49. The first-order valence-corrected chi connectivity index (χ1v) is 6.05. The molecule has 0 unspecified atom stereocenters. The zero-order valence-corrected chi connectivity index (χ0v) is 9.31. The number of nitrogens with zero attached hydrogens (tertiary/aromatic N) is 2. The molecule has 1 amide bonds. The predicted octanol–water partition coefficient (Wildman–Crippen LogP) is 0.810. The van der Waals surface area contributed by atoms with Crippen molar-refractivity contribution in [1.29, 1.82) is 0 Å². The van der Waals surface area contributed by atoms with Gasteiger partial charge in [0, 0.05) is 0 Å². The van der Waals surface area contributed by atoms with Gasteiger partial charge in [0.05, 0.1) is 4.90 Å². The second kappa shape index (κ2) is 4.34. The number of carbonyl (C=O) groups excluding carboxylic acids is 1. The molecule has 1 heterocycles. The van der Waals surface area contributed by atoms with Gasteiger partial charge in [-0.15, -0.1) is 0 Å². The van der Waals surface area contributed by atoms with Crippen LogP contribution in [0.5, 0.6) is 0 Å². The molecule has 0 saturated carbocycles. The normalized spacial score (nSPS) is 11.1. The van der Waals surface area contributed by atoms with E-state index in [0.29, 0.717) is 0 Å². The van der Waals surface area contributed by atoms with Crippen molar-refractivity contribution in [3.63, 3.8) is 0 Å². The van der Waals surface area contributed by atoms with E-state index in [4.69, 9.17) is 0 Å². The molecule has 17 heavy (non-hydrogen) atoms. The second-order valence-electron chi connectivity index (χ2n) is 3.06. The molecule has 2 N–H and O–H groups in total. The van der Waals surface area contributed by atoms with E-state index in [1.54, 1.807) is 6.07 Å². The Kier molecular flexibility index (Phi) is 2.88. The topological polar surface area (TPSA) is 105 Å². The number of aromatic nitrogens is 3. The molecule has 0 aliphatic heterocycles. The average Bonchev–Trinajstić information content (AvgIpc) is 2.83. The standard InChI is InChI=1S/C9H8N4O3S/c14-9(12-8-10-6-11-13-8)17(15,16)7-4-2-1-3-5-7/h1-6H,(H2,10,11,12,13,14). The third kappa shape index (κ3) is 2.31. The monoisotopic (exact) mass is 252 g/mol. The summed E-state index contributed by atoms with van der Waals surface area (Å²) in [5.74, 6) is -0.0190. The molecule has 7 nitrogen and oxygen atoms in total. The van der Waals surface area contributed by atoms with Gasteiger partial charge in [-0.05, 0) is 12.1 Å². The Morgan fingerprint density at radius 3 is 2.53 bits per heavy atom. The first-order valence-electron chi connectivity index (χ1n) is 4.57. The van der Waals surface area contributed by atoms with Gasteiger partial charge in [-0.2, -0.15) is 10.1 Å². The van der Waals surface area contributed by atoms with Gasteiger partial charge in [0.15, 0.2) is 0 Å². The van der Waals surface area contributed by atoms with Crippen LogP contribution in [0.2, 0.25) is 0 Å². The van der Waals surface area contributed by atoms with E-state index in [1.807, 2.05) is 0 Å². The number of anilines is 1. The summed E-state index contributed by atoms with van der Waals surface area (Å²) in [5, 5.41) is 6.77. The van der Waals surface area contributed by atoms with E-state index in [2.05, 4.69) is 20.5 Å². The van der Waals surface area contributed by atoms with Crippen LogP contribution in [0.1, 0.15) is 0 Å². The van der Waals surface area contributed by atoms with Crippen molar-refractivity contribution in [3.8, 4) is 0 Å². The maximum atomic E-state index is 11.8. The molecule has 0 fully saturated rings. The largest absolute Gasteiger partial charge is 0.347 e. The van der Waals surface area contributed by atoms with Crippen LogP contribution in [0.4, 0.5) is 10.7 Å². The van der Waals surface area contributed by atoms with Crippen molar-refractivity contribution < 1.29 is 13.2 Å². The molecule has 0 atom stereocenters. The number of nitrogens with one attached hydrogen (secondary N) is 2. The van der Waals surface area contributed by atoms with E-state index >= 15 is 0 Å². The van der Waals surface area contributed by atoms with Crippen LogP contribution in [-0.4, -0.2) is 28.8 Å². The third-order valence-corrected chi connectivity index (χ3v) is 3.42. The first kappa shape index (κ1) is 11.3. The van der Waals surface area contributed by atoms with Gasteiger partial charge >= 0.3 is 5.24 Å². The first-order chi connectivity index (χ1) is 8.10. The van der Waals surface area contributed by atoms with Gasteiger partial charge in [-0.1, -0.05) is 18.2 Å². The number of hydrogen-bond donors (Lipinski definition) is 2. The minimum absolute atomic E-state index is 0.0190. The molecule has 2 aromatic rings. The molecule has 0 bridgehead atoms. The molecule has 1 aromatic heterocycles. The Balaban J connectivity index is 2.25. The minimum atomic E-state index is -4.05. The van der Waals surface area contributed by atoms with Crippen molar-refractivity contribution in [2.45, 2.75) is 4.90 Å². The van der Waals surface area contributed by atoms with Gasteiger partial charge in [0.1, 0.15) is 6.33 Å². The highest BCUT2D eigenvalue weighted by Crippen LogP contribution is 2.12. The summed E-state index contributed by atoms with van der Waals surface area (Å²) < 4.78 is 23.6. The van der Waals surface area contributed by atoms with E-state index in [0.717, 1.165) is 6.33 Å². The summed E-state index contributed by atoms with van der Waals surface area (Å²) >= 11 is 0. The van der Waals surface area contributed by atoms with Crippen molar-refractivity contribution >= 4 is 21.0 Å². The van der Waals surface area contributed by atoms with Gasteiger partial charge < -0.3 is 0 Å². The highest BCUT2D eigenvalue weighted by atomic mass is 32.2. The fourth-order valence-corrected chi connectivity index (χ4v) is 2.10. The summed E-state index contributed by atoms with van der Waals surface area (Å²) in [7, 11) is -4.05. The number of hydrogen-bond acceptors (Lipinski definition) is 5. The fraction of sp³-hybridized carbons (Fsp3) is 0. The van der Waals surface area contributed by atoms with Gasteiger partial charge in [-0.3, -0.25) is 10.1 Å². The molecule has 1 aromatic carbocycles. The van der Waals surface area contributed by atoms with Crippen molar-refractivity contribution in [2.24, 2.45) is 0 Å². The molecular weight excluding hydrogens is 244 g/mol. The smallest absolute Gasteiger partial charge is 0.281 e. The number of H-pyrrole nitrogens is 1. The van der Waals surface area contributed by atoms with Crippen LogP contribution in [0.3, 0.4) is 0 Å². The number of amides is 1. The van der Waals surface area contributed by atoms with Gasteiger partial charge in [0.25, 0.3) is 9.84 Å². The van der Waals surface area contributed by atoms with E-state index in [-0.39, 0.29) is 10.8 Å². The lowest BCUT2D eigenvalue weighted by atomic mass is 10.4. The highest BCUT2D eigenvalue weighted by Gasteiger charge is 2.25. The SMILES string of the molecule is O=C(Nc1ncn[nH]1)S(=O)(=O)c1ccccc1. The van der Waals surface area contributed by atoms with E-state index in [9.17, 15) is 13.2 Å². The van der Waals surface area contributed by atoms with Crippen LogP contribution >= 0.6 is 0 Å². The summed E-state index contributed by atoms with van der Waals surface area (Å²) in [6.07, 6.45) is 1.16. The Labute approximate surface area is 96.8 Å². The van der Waals surface area contributed by atoms with Crippen LogP contribution in [0.25, 0.3) is 0 Å². The lowest BCUT2D eigenvalue weighted by Gasteiger charge is -2.02. The Morgan fingerprint density at radius 1 is 1.24 bits per heavy atom. The summed E-state index contributed by atoms with van der Waals surface area (Å²) in [6.45, 7) is 0. The van der Waals surface area contributed by atoms with Crippen LogP contribution in [0.15, 0.2) is 41.6 Å². The summed E-state index contributed by atoms with van der Waals surface area (Å²) in [6, 6.07) is 7.42. The maximum absolute atomic E-state index is 11.8. The quantitative estimate of drug-likeness (QED) is 0.822. The minimum Gasteiger partial charge on any atom is -0.281 e. The number of aromatic amines is 1. The second-order valence-corrected chi connectivity index (χ2v) is 4.91. The van der Waals surface area contributed by atoms with Crippen LogP contribution < -0.4 is 5.32 Å². The lowest BCUT2D eigenvalue weighted by Crippen LogP contribution is -2.22. The molecule has 8 heteroatoms. The molecule has 2 rings (SSSR count). The number of sulfone groups is 1. The number of carbonyl (C=O) groups is 1. The molecule has 0 radical (unpaired) electrons. The molecule has 0 aliphatic carbocycles. The number of rotatable bonds is 2. The molecule has 0 spiro atoms. The van der Waals surface area contributed by atoms with Crippen molar-refractivity contribution in [2.75, 3.05) is 5.32 Å². The Hall–Kier alpha value is -2.22. The highest BCUT2D eigenvalue weighted by molar-refractivity contribution is 8.06. The fourth-order valence-electron chi connectivity index (χ4n) is 1.14. The summed E-state index contributed by atoms with van der Waals surface area (Å²) in [4.78, 5) is 15.1. The third-order valence-electron chi connectivity index (χ3n) is 1.93. The van der Waals surface area contributed by atoms with E-state index < -0.39 is 15.1 Å². The lowest BCUT2D eigenvalue weighted by molar-refractivity contribution is 0.267. The Bertz CT molecular complexity index is 607. The Morgan fingerprint density at radius 2 is 1.94 bits per heavy atom. The molecule has 0 saturated heterocycles. The zero-order chi connectivity index (χ0) is 12.3.